The largest absolute Gasteiger partial charge is 0.459 e. The van der Waals surface area contributed by atoms with Crippen molar-refractivity contribution >= 4 is 5.91 Å². The molecule has 8 heteroatoms. The number of carbonyl (C=O) groups excluding carboxylic acids is 1. The number of nitrogens with zero attached hydrogens (tertiary/aromatic N) is 1. The van der Waals surface area contributed by atoms with Gasteiger partial charge < -0.3 is 19.5 Å². The van der Waals surface area contributed by atoms with Gasteiger partial charge in [-0.05, 0) is 43.5 Å². The van der Waals surface area contributed by atoms with Gasteiger partial charge in [-0.3, -0.25) is 4.79 Å². The van der Waals surface area contributed by atoms with Crippen LogP contribution in [-0.4, -0.2) is 48.5 Å². The van der Waals surface area contributed by atoms with E-state index in [4.69, 9.17) is 9.47 Å². The Balaban J connectivity index is 1.95. The van der Waals surface area contributed by atoms with Gasteiger partial charge in [0.2, 0.25) is 6.29 Å². The monoisotopic (exact) mass is 399 g/mol. The highest BCUT2D eigenvalue weighted by molar-refractivity contribution is 5.93. The highest BCUT2D eigenvalue weighted by atomic mass is 19.4. The van der Waals surface area contributed by atoms with Crippen molar-refractivity contribution in [3.8, 4) is 0 Å². The molecule has 28 heavy (non-hydrogen) atoms. The Hall–Kier alpha value is -2.06. The fourth-order valence-electron chi connectivity index (χ4n) is 3.44. The summed E-state index contributed by atoms with van der Waals surface area (Å²) in [5.74, 6) is -0.643. The van der Waals surface area contributed by atoms with Crippen LogP contribution in [0.3, 0.4) is 0 Å². The van der Waals surface area contributed by atoms with Gasteiger partial charge in [0.15, 0.2) is 5.76 Å². The molecule has 0 bridgehead atoms. The molecule has 3 rings (SSSR count). The van der Waals surface area contributed by atoms with E-state index in [2.05, 4.69) is 0 Å². The third kappa shape index (κ3) is 4.67. The van der Waals surface area contributed by atoms with Crippen LogP contribution in [0.2, 0.25) is 0 Å². The van der Waals surface area contributed by atoms with E-state index in [1.165, 1.54) is 12.1 Å². The van der Waals surface area contributed by atoms with Gasteiger partial charge in [-0.1, -0.05) is 12.1 Å². The third-order valence-corrected chi connectivity index (χ3v) is 4.98. The summed E-state index contributed by atoms with van der Waals surface area (Å²) in [6.07, 6.45) is -2.38. The molecule has 154 valence electrons. The number of amides is 1. The Morgan fingerprint density at radius 3 is 2.50 bits per heavy atom. The number of allylic oxidation sites excluding steroid dienone is 1. The van der Waals surface area contributed by atoms with Crippen molar-refractivity contribution in [2.45, 2.75) is 38.1 Å². The van der Waals surface area contributed by atoms with Crippen molar-refractivity contribution in [3.05, 3.63) is 47.2 Å². The summed E-state index contributed by atoms with van der Waals surface area (Å²) in [6, 6.07) is 4.96. The van der Waals surface area contributed by atoms with Crippen LogP contribution in [0, 0.1) is 5.92 Å². The zero-order chi connectivity index (χ0) is 20.3. The van der Waals surface area contributed by atoms with Crippen molar-refractivity contribution in [2.75, 3.05) is 26.3 Å². The molecular weight excluding hydrogens is 375 g/mol. The molecule has 1 amide bonds. The molecule has 0 spiro atoms. The topological polar surface area (TPSA) is 58.8 Å². The summed E-state index contributed by atoms with van der Waals surface area (Å²) in [6.45, 7) is 3.49. The molecule has 2 heterocycles. The third-order valence-electron chi connectivity index (χ3n) is 4.98. The maximum absolute atomic E-state index is 12.9. The number of rotatable bonds is 7. The van der Waals surface area contributed by atoms with Crippen LogP contribution in [0.15, 0.2) is 36.1 Å². The summed E-state index contributed by atoms with van der Waals surface area (Å²) in [5.41, 5.74) is -0.0685. The van der Waals surface area contributed by atoms with Gasteiger partial charge in [-0.25, -0.2) is 0 Å². The first-order chi connectivity index (χ1) is 13.3. The lowest BCUT2D eigenvalue weighted by Crippen LogP contribution is -2.37. The van der Waals surface area contributed by atoms with Crippen LogP contribution in [0.25, 0.3) is 0 Å². The lowest BCUT2D eigenvalue weighted by atomic mass is 9.80. The molecule has 0 unspecified atom stereocenters. The molecule has 1 aromatic rings. The Kier molecular flexibility index (Phi) is 6.30. The normalized spacial score (nSPS) is 24.5. The van der Waals surface area contributed by atoms with Crippen LogP contribution < -0.4 is 0 Å². The number of alkyl halides is 3. The second kappa shape index (κ2) is 8.53. The molecule has 1 aromatic carbocycles. The second-order valence-corrected chi connectivity index (χ2v) is 6.94. The van der Waals surface area contributed by atoms with E-state index in [-0.39, 0.29) is 30.1 Å². The first-order valence-corrected chi connectivity index (χ1v) is 9.42. The minimum atomic E-state index is -4.41. The molecule has 0 radical (unpaired) electrons. The fraction of sp³-hybridized carbons (Fsp3) is 0.550. The Morgan fingerprint density at radius 1 is 1.29 bits per heavy atom. The summed E-state index contributed by atoms with van der Waals surface area (Å²) >= 11 is 0. The van der Waals surface area contributed by atoms with Gasteiger partial charge >= 0.3 is 6.18 Å². The summed E-state index contributed by atoms with van der Waals surface area (Å²) in [5, 5.41) is 9.23. The van der Waals surface area contributed by atoms with E-state index >= 15 is 0 Å². The highest BCUT2D eigenvalue weighted by Crippen LogP contribution is 2.41. The quantitative estimate of drug-likeness (QED) is 0.715. The molecule has 3 atom stereocenters. The molecule has 2 aliphatic rings. The molecule has 0 aliphatic carbocycles. The maximum Gasteiger partial charge on any atom is 0.416 e. The molecular formula is C20H24F3NO4. The Morgan fingerprint density at radius 2 is 1.96 bits per heavy atom. The average molecular weight is 399 g/mol. The first-order valence-electron chi connectivity index (χ1n) is 9.42. The number of carbonyl (C=O) groups is 1. The number of aliphatic hydroxyl groups excluding tert-OH is 1. The fourth-order valence-corrected chi connectivity index (χ4v) is 3.44. The molecule has 5 nitrogen and oxygen atoms in total. The summed E-state index contributed by atoms with van der Waals surface area (Å²) in [7, 11) is 0. The van der Waals surface area contributed by atoms with E-state index in [1.807, 2.05) is 6.92 Å². The first kappa shape index (κ1) is 20.7. The number of halogens is 3. The summed E-state index contributed by atoms with van der Waals surface area (Å²) in [4.78, 5) is 14.1. The molecule has 0 aromatic heterocycles. The number of hydrogen-bond donors (Lipinski definition) is 1. The van der Waals surface area contributed by atoms with E-state index in [0.717, 1.165) is 12.1 Å². The zero-order valence-corrected chi connectivity index (χ0v) is 15.6. The minimum absolute atomic E-state index is 0.0155. The van der Waals surface area contributed by atoms with Crippen molar-refractivity contribution in [2.24, 2.45) is 5.92 Å². The van der Waals surface area contributed by atoms with E-state index in [1.54, 1.807) is 11.0 Å². The lowest BCUT2D eigenvalue weighted by Gasteiger charge is -2.37. The molecule has 1 N–H and O–H groups in total. The van der Waals surface area contributed by atoms with E-state index in [0.29, 0.717) is 38.1 Å². The maximum atomic E-state index is 12.9. The molecule has 0 saturated carbocycles. The number of aliphatic hydroxyl groups is 1. The lowest BCUT2D eigenvalue weighted by molar-refractivity contribution is -0.168. The van der Waals surface area contributed by atoms with Crippen LogP contribution in [0.4, 0.5) is 13.2 Å². The smallest absolute Gasteiger partial charge is 0.416 e. The Labute approximate surface area is 161 Å². The molecule has 1 fully saturated rings. The van der Waals surface area contributed by atoms with Crippen molar-refractivity contribution in [1.29, 1.82) is 0 Å². The number of ether oxygens (including phenoxy) is 2. The van der Waals surface area contributed by atoms with Crippen LogP contribution >= 0.6 is 0 Å². The average Bonchev–Trinajstić information content (AvgIpc) is 3.51. The van der Waals surface area contributed by atoms with Crippen molar-refractivity contribution in [1.82, 2.24) is 4.90 Å². The van der Waals surface area contributed by atoms with Gasteiger partial charge in [-0.2, -0.15) is 13.2 Å². The van der Waals surface area contributed by atoms with Crippen LogP contribution in [0.1, 0.15) is 36.8 Å². The van der Waals surface area contributed by atoms with Crippen LogP contribution in [0.5, 0.6) is 0 Å². The predicted molar refractivity (Wildman–Crippen MR) is 95.2 cm³/mol. The minimum Gasteiger partial charge on any atom is -0.459 e. The van der Waals surface area contributed by atoms with Crippen LogP contribution in [-0.2, 0) is 20.4 Å². The molecule has 1 saturated heterocycles. The number of hydrogen-bond acceptors (Lipinski definition) is 4. The second-order valence-electron chi connectivity index (χ2n) is 6.94. The van der Waals surface area contributed by atoms with Gasteiger partial charge in [0.1, 0.15) is 0 Å². The van der Waals surface area contributed by atoms with E-state index < -0.39 is 18.0 Å². The highest BCUT2D eigenvalue weighted by Gasteiger charge is 2.40. The number of benzene rings is 1. The molecule has 2 aliphatic heterocycles. The van der Waals surface area contributed by atoms with Crippen molar-refractivity contribution in [3.63, 3.8) is 0 Å². The van der Waals surface area contributed by atoms with Gasteiger partial charge in [0.25, 0.3) is 5.91 Å². The zero-order valence-electron chi connectivity index (χ0n) is 15.6. The Bertz CT molecular complexity index is 713. The van der Waals surface area contributed by atoms with Crippen molar-refractivity contribution < 1.29 is 32.5 Å². The van der Waals surface area contributed by atoms with Gasteiger partial charge in [0, 0.05) is 38.1 Å². The predicted octanol–water partition coefficient (Wildman–Crippen LogP) is 3.30. The van der Waals surface area contributed by atoms with E-state index in [9.17, 15) is 23.1 Å². The van der Waals surface area contributed by atoms with Gasteiger partial charge in [-0.15, -0.1) is 0 Å². The van der Waals surface area contributed by atoms with Gasteiger partial charge in [0.05, 0.1) is 5.56 Å². The summed E-state index contributed by atoms with van der Waals surface area (Å²) < 4.78 is 50.2. The SMILES string of the molecule is CCO[C@H]1OC(C(=O)N2CC2)=C[C@@H](c2ccc(C(F)(F)F)cc2)[C@H]1CCCO. The standard InChI is InChI=1S/C20H24F3NO4/c1-2-27-19-15(4-3-11-25)16(12-17(28-19)18(26)24-9-10-24)13-5-7-14(8-6-13)20(21,22)23/h5-8,12,15-16,19,25H,2-4,9-11H2,1H3/t15-,16+,19+/m1/s1.